The average molecular weight is 420 g/mol. The number of anilines is 1. The van der Waals surface area contributed by atoms with Crippen molar-refractivity contribution < 1.29 is 23.0 Å². The number of hydrogen-bond acceptors (Lipinski definition) is 6. The normalized spacial score (nSPS) is 17.5. The Morgan fingerprint density at radius 3 is 2.80 bits per heavy atom. The van der Waals surface area contributed by atoms with Gasteiger partial charge in [-0.3, -0.25) is 0 Å². The Morgan fingerprint density at radius 2 is 2.10 bits per heavy atom. The maximum absolute atomic E-state index is 14.1. The number of nitrogens with one attached hydrogen (secondary N) is 1. The molecule has 0 saturated carbocycles. The Morgan fingerprint density at radius 1 is 1.33 bits per heavy atom. The Hall–Kier alpha value is -2.97. The highest BCUT2D eigenvalue weighted by atomic mass is 19.1. The Balaban J connectivity index is 1.62. The summed E-state index contributed by atoms with van der Waals surface area (Å²) in [4.78, 5) is 21.9. The summed E-state index contributed by atoms with van der Waals surface area (Å²) in [5, 5.41) is 3.10. The molecule has 1 saturated heterocycles. The van der Waals surface area contributed by atoms with Crippen molar-refractivity contribution in [2.75, 3.05) is 18.4 Å². The molecule has 30 heavy (non-hydrogen) atoms. The molecular weight excluding hydrogens is 394 g/mol. The molecule has 1 N–H and O–H groups in total. The van der Waals surface area contributed by atoms with Crippen molar-refractivity contribution in [1.29, 1.82) is 0 Å². The van der Waals surface area contributed by atoms with E-state index in [2.05, 4.69) is 15.3 Å². The van der Waals surface area contributed by atoms with Gasteiger partial charge in [-0.2, -0.15) is 9.37 Å². The number of carbonyl (C=O) groups excluding carboxylic acids is 1. The van der Waals surface area contributed by atoms with Crippen molar-refractivity contribution >= 4 is 12.0 Å². The molecule has 1 amide bonds. The van der Waals surface area contributed by atoms with Crippen LogP contribution in [0.25, 0.3) is 0 Å². The van der Waals surface area contributed by atoms with Crippen molar-refractivity contribution in [2.24, 2.45) is 0 Å². The number of amides is 1. The second-order valence-corrected chi connectivity index (χ2v) is 8.22. The minimum Gasteiger partial charge on any atom is -0.468 e. The van der Waals surface area contributed by atoms with E-state index in [1.54, 1.807) is 24.0 Å². The lowest BCUT2D eigenvalue weighted by Gasteiger charge is -2.24. The van der Waals surface area contributed by atoms with E-state index in [-0.39, 0.29) is 24.0 Å². The molecule has 0 aliphatic carbocycles. The number of rotatable bonds is 5. The minimum atomic E-state index is -0.717. The second-order valence-electron chi connectivity index (χ2n) is 8.22. The standard InChI is InChI=1S/C21H26F2N4O3/c1-13(14-6-5-7-15(22)10-14)29-18-17(23)11-24-19(26-18)25-16-8-9-27(12-16)20(28)30-21(2,3)4/h5-7,10-11,13,16H,8-9,12H2,1-4H3,(H,24,25,26)/t13-,16+/m1/s1. The van der Waals surface area contributed by atoms with Crippen molar-refractivity contribution in [3.63, 3.8) is 0 Å². The van der Waals surface area contributed by atoms with E-state index in [1.165, 1.54) is 12.1 Å². The van der Waals surface area contributed by atoms with Gasteiger partial charge < -0.3 is 19.7 Å². The number of likely N-dealkylation sites (tertiary alicyclic amines) is 1. The molecule has 0 bridgehead atoms. The lowest BCUT2D eigenvalue weighted by Crippen LogP contribution is -2.36. The van der Waals surface area contributed by atoms with Crippen LogP contribution in [0.5, 0.6) is 5.88 Å². The second kappa shape index (κ2) is 8.81. The zero-order valence-corrected chi connectivity index (χ0v) is 17.5. The van der Waals surface area contributed by atoms with Gasteiger partial charge >= 0.3 is 6.09 Å². The van der Waals surface area contributed by atoms with Crippen LogP contribution in [-0.4, -0.2) is 45.7 Å². The van der Waals surface area contributed by atoms with Gasteiger partial charge in [-0.15, -0.1) is 0 Å². The van der Waals surface area contributed by atoms with Crippen LogP contribution in [0.2, 0.25) is 0 Å². The highest BCUT2D eigenvalue weighted by Crippen LogP contribution is 2.24. The van der Waals surface area contributed by atoms with Gasteiger partial charge in [-0.25, -0.2) is 14.2 Å². The van der Waals surface area contributed by atoms with E-state index >= 15 is 0 Å². The van der Waals surface area contributed by atoms with Crippen LogP contribution in [0.1, 0.15) is 45.8 Å². The first kappa shape index (κ1) is 21.7. The summed E-state index contributed by atoms with van der Waals surface area (Å²) in [5.74, 6) is -1.16. The first-order valence-electron chi connectivity index (χ1n) is 9.80. The first-order valence-corrected chi connectivity index (χ1v) is 9.80. The molecule has 1 aliphatic heterocycles. The molecule has 0 spiro atoms. The van der Waals surface area contributed by atoms with Gasteiger partial charge in [0.2, 0.25) is 11.8 Å². The molecular formula is C21H26F2N4O3. The Labute approximate surface area is 174 Å². The smallest absolute Gasteiger partial charge is 0.410 e. The topological polar surface area (TPSA) is 76.6 Å². The van der Waals surface area contributed by atoms with E-state index in [4.69, 9.17) is 9.47 Å². The number of ether oxygens (including phenoxy) is 2. The van der Waals surface area contributed by atoms with Gasteiger partial charge in [0.1, 0.15) is 17.5 Å². The van der Waals surface area contributed by atoms with E-state index in [0.717, 1.165) is 6.20 Å². The molecule has 9 heteroatoms. The molecule has 1 aliphatic rings. The molecule has 1 fully saturated rings. The number of carbonyl (C=O) groups is 1. The van der Waals surface area contributed by atoms with E-state index in [9.17, 15) is 13.6 Å². The fraction of sp³-hybridized carbons (Fsp3) is 0.476. The lowest BCUT2D eigenvalue weighted by molar-refractivity contribution is 0.0293. The van der Waals surface area contributed by atoms with Crippen molar-refractivity contribution in [2.45, 2.75) is 51.9 Å². The predicted molar refractivity (Wildman–Crippen MR) is 107 cm³/mol. The summed E-state index contributed by atoms with van der Waals surface area (Å²) in [7, 11) is 0. The van der Waals surface area contributed by atoms with Crippen LogP contribution in [-0.2, 0) is 4.74 Å². The zero-order chi connectivity index (χ0) is 21.9. The lowest BCUT2D eigenvalue weighted by atomic mass is 10.1. The van der Waals surface area contributed by atoms with Crippen LogP contribution >= 0.6 is 0 Å². The molecule has 3 rings (SSSR count). The SMILES string of the molecule is C[C@@H](Oc1nc(N[C@H]2CCN(C(=O)OC(C)(C)C)C2)ncc1F)c1cccc(F)c1. The minimum absolute atomic E-state index is 0.100. The van der Waals surface area contributed by atoms with Gasteiger partial charge in [-0.1, -0.05) is 12.1 Å². The van der Waals surface area contributed by atoms with Gasteiger partial charge in [0.25, 0.3) is 5.88 Å². The quantitative estimate of drug-likeness (QED) is 0.777. The van der Waals surface area contributed by atoms with Crippen LogP contribution < -0.4 is 10.1 Å². The van der Waals surface area contributed by atoms with Crippen LogP contribution in [0.15, 0.2) is 30.5 Å². The highest BCUT2D eigenvalue weighted by Gasteiger charge is 2.30. The van der Waals surface area contributed by atoms with Gasteiger partial charge in [0.15, 0.2) is 0 Å². The van der Waals surface area contributed by atoms with E-state index < -0.39 is 23.3 Å². The summed E-state index contributed by atoms with van der Waals surface area (Å²) in [6, 6.07) is 5.80. The first-order chi connectivity index (χ1) is 14.1. The van der Waals surface area contributed by atoms with Crippen molar-refractivity contribution in [3.8, 4) is 5.88 Å². The fourth-order valence-electron chi connectivity index (χ4n) is 3.05. The van der Waals surface area contributed by atoms with Crippen molar-refractivity contribution in [1.82, 2.24) is 14.9 Å². The van der Waals surface area contributed by atoms with Crippen LogP contribution in [0.3, 0.4) is 0 Å². The number of aromatic nitrogens is 2. The van der Waals surface area contributed by atoms with Gasteiger partial charge in [0.05, 0.1) is 6.20 Å². The molecule has 2 heterocycles. The average Bonchev–Trinajstić information content (AvgIpc) is 3.12. The Bertz CT molecular complexity index is 904. The van der Waals surface area contributed by atoms with Crippen LogP contribution in [0, 0.1) is 11.6 Å². The number of benzene rings is 1. The predicted octanol–water partition coefficient (Wildman–Crippen LogP) is 4.32. The molecule has 2 atom stereocenters. The summed E-state index contributed by atoms with van der Waals surface area (Å²) in [6.45, 7) is 8.08. The third-order valence-corrected chi connectivity index (χ3v) is 4.49. The largest absolute Gasteiger partial charge is 0.468 e. The molecule has 0 radical (unpaired) electrons. The van der Waals surface area contributed by atoms with Crippen LogP contribution in [0.4, 0.5) is 19.5 Å². The highest BCUT2D eigenvalue weighted by molar-refractivity contribution is 5.68. The third kappa shape index (κ3) is 5.77. The number of nitrogens with zero attached hydrogens (tertiary/aromatic N) is 3. The molecule has 0 unspecified atom stereocenters. The van der Waals surface area contributed by atoms with Gasteiger partial charge in [0, 0.05) is 19.1 Å². The molecule has 7 nitrogen and oxygen atoms in total. The third-order valence-electron chi connectivity index (χ3n) is 4.49. The number of hydrogen-bond donors (Lipinski definition) is 1. The summed E-state index contributed by atoms with van der Waals surface area (Å²) in [6.07, 6.45) is 0.714. The zero-order valence-electron chi connectivity index (χ0n) is 17.5. The van der Waals surface area contributed by atoms with E-state index in [1.807, 2.05) is 20.8 Å². The monoisotopic (exact) mass is 420 g/mol. The maximum atomic E-state index is 14.1. The summed E-state index contributed by atoms with van der Waals surface area (Å²) < 4.78 is 38.5. The number of halogens is 2. The molecule has 1 aromatic carbocycles. The molecule has 2 aromatic rings. The molecule has 162 valence electrons. The van der Waals surface area contributed by atoms with Gasteiger partial charge in [-0.05, 0) is 51.8 Å². The fourth-order valence-corrected chi connectivity index (χ4v) is 3.05. The van der Waals surface area contributed by atoms with E-state index in [0.29, 0.717) is 25.1 Å². The Kier molecular flexibility index (Phi) is 6.38. The maximum Gasteiger partial charge on any atom is 0.410 e. The summed E-state index contributed by atoms with van der Waals surface area (Å²) in [5.41, 5.74) is -0.000829. The summed E-state index contributed by atoms with van der Waals surface area (Å²) >= 11 is 0. The molecule has 1 aromatic heterocycles. The van der Waals surface area contributed by atoms with Crippen molar-refractivity contribution in [3.05, 3.63) is 47.7 Å².